The van der Waals surface area contributed by atoms with Gasteiger partial charge in [-0.1, -0.05) is 18.2 Å². The van der Waals surface area contributed by atoms with Gasteiger partial charge < -0.3 is 10.1 Å². The van der Waals surface area contributed by atoms with E-state index in [-0.39, 0.29) is 12.1 Å². The van der Waals surface area contributed by atoms with Crippen molar-refractivity contribution in [2.45, 2.75) is 31.8 Å². The van der Waals surface area contributed by atoms with Crippen molar-refractivity contribution in [2.24, 2.45) is 0 Å². The quantitative estimate of drug-likeness (QED) is 0.886. The smallest absolute Gasteiger partial charge is 0.321 e. The van der Waals surface area contributed by atoms with Crippen LogP contribution in [0, 0.1) is 0 Å². The largest absolute Gasteiger partial charge is 0.376 e. The normalized spacial score (nSPS) is 22.1. The molecule has 1 N–H and O–H groups in total. The molecule has 2 aliphatic rings. The Morgan fingerprint density at radius 1 is 1.37 bits per heavy atom. The van der Waals surface area contributed by atoms with Gasteiger partial charge in [-0.05, 0) is 37.3 Å². The molecule has 3 rings (SSSR count). The van der Waals surface area contributed by atoms with Crippen LogP contribution in [0.4, 0.5) is 10.5 Å². The van der Waals surface area contributed by atoms with Gasteiger partial charge in [0.15, 0.2) is 0 Å². The maximum Gasteiger partial charge on any atom is 0.321 e. The average Bonchev–Trinajstić information content (AvgIpc) is 2.97. The zero-order chi connectivity index (χ0) is 13.1. The molecule has 2 amide bonds. The SMILES string of the molecule is O=C(NCC1CCCO1)N1CCCc2ccccc21. The molecular formula is C15H20N2O2. The first-order valence-electron chi connectivity index (χ1n) is 7.09. The lowest BCUT2D eigenvalue weighted by Gasteiger charge is -2.29. The van der Waals surface area contributed by atoms with Crippen molar-refractivity contribution in [1.29, 1.82) is 0 Å². The van der Waals surface area contributed by atoms with Crippen molar-refractivity contribution in [3.05, 3.63) is 29.8 Å². The van der Waals surface area contributed by atoms with E-state index in [1.165, 1.54) is 5.56 Å². The lowest BCUT2D eigenvalue weighted by atomic mass is 10.0. The van der Waals surface area contributed by atoms with Crippen molar-refractivity contribution < 1.29 is 9.53 Å². The highest BCUT2D eigenvalue weighted by Crippen LogP contribution is 2.26. The van der Waals surface area contributed by atoms with Crippen LogP contribution in [0.25, 0.3) is 0 Å². The lowest BCUT2D eigenvalue weighted by molar-refractivity contribution is 0.111. The fourth-order valence-corrected chi connectivity index (χ4v) is 2.85. The number of fused-ring (bicyclic) bond motifs is 1. The van der Waals surface area contributed by atoms with Gasteiger partial charge in [0.25, 0.3) is 0 Å². The second-order valence-corrected chi connectivity index (χ2v) is 5.20. The van der Waals surface area contributed by atoms with Gasteiger partial charge in [-0.25, -0.2) is 4.79 Å². The molecule has 1 unspecified atom stereocenters. The maximum atomic E-state index is 12.3. The van der Waals surface area contributed by atoms with Crippen LogP contribution >= 0.6 is 0 Å². The molecule has 4 nitrogen and oxygen atoms in total. The monoisotopic (exact) mass is 260 g/mol. The zero-order valence-corrected chi connectivity index (χ0v) is 11.1. The third-order valence-corrected chi connectivity index (χ3v) is 3.86. The van der Waals surface area contributed by atoms with Crippen molar-refractivity contribution in [1.82, 2.24) is 5.32 Å². The summed E-state index contributed by atoms with van der Waals surface area (Å²) in [5.41, 5.74) is 2.32. The summed E-state index contributed by atoms with van der Waals surface area (Å²) in [6, 6.07) is 8.16. The van der Waals surface area contributed by atoms with Crippen molar-refractivity contribution >= 4 is 11.7 Å². The number of benzene rings is 1. The zero-order valence-electron chi connectivity index (χ0n) is 11.1. The molecule has 102 valence electrons. The average molecular weight is 260 g/mol. The summed E-state index contributed by atoms with van der Waals surface area (Å²) in [5.74, 6) is 0. The number of anilines is 1. The molecule has 1 aromatic rings. The number of rotatable bonds is 2. The van der Waals surface area contributed by atoms with Crippen LogP contribution in [0.5, 0.6) is 0 Å². The van der Waals surface area contributed by atoms with Gasteiger partial charge in [0.05, 0.1) is 6.10 Å². The van der Waals surface area contributed by atoms with Gasteiger partial charge >= 0.3 is 6.03 Å². The summed E-state index contributed by atoms with van der Waals surface area (Å²) in [7, 11) is 0. The maximum absolute atomic E-state index is 12.3. The highest BCUT2D eigenvalue weighted by Gasteiger charge is 2.23. The summed E-state index contributed by atoms with van der Waals surface area (Å²) in [4.78, 5) is 14.1. The Hall–Kier alpha value is -1.55. The van der Waals surface area contributed by atoms with E-state index >= 15 is 0 Å². The van der Waals surface area contributed by atoms with Crippen LogP contribution in [0.2, 0.25) is 0 Å². The second kappa shape index (κ2) is 5.61. The molecule has 19 heavy (non-hydrogen) atoms. The predicted octanol–water partition coefficient (Wildman–Crippen LogP) is 2.33. The Bertz CT molecular complexity index is 455. The van der Waals surface area contributed by atoms with Crippen LogP contribution in [0.1, 0.15) is 24.8 Å². The van der Waals surface area contributed by atoms with Crippen LogP contribution in [-0.4, -0.2) is 31.8 Å². The number of carbonyl (C=O) groups excluding carboxylic acids is 1. The number of ether oxygens (including phenoxy) is 1. The minimum atomic E-state index is 0.00245. The minimum absolute atomic E-state index is 0.00245. The number of aryl methyl sites for hydroxylation is 1. The number of urea groups is 1. The second-order valence-electron chi connectivity index (χ2n) is 5.20. The van der Waals surface area contributed by atoms with Crippen LogP contribution in [0.15, 0.2) is 24.3 Å². The number of carbonyl (C=O) groups is 1. The number of nitrogens with zero attached hydrogens (tertiary/aromatic N) is 1. The summed E-state index contributed by atoms with van der Waals surface area (Å²) in [5, 5.41) is 3.00. The topological polar surface area (TPSA) is 41.6 Å². The highest BCUT2D eigenvalue weighted by molar-refractivity contribution is 5.93. The Morgan fingerprint density at radius 3 is 3.11 bits per heavy atom. The Kier molecular flexibility index (Phi) is 3.69. The Labute approximate surface area is 113 Å². The van der Waals surface area contributed by atoms with Crippen molar-refractivity contribution in [3.8, 4) is 0 Å². The van der Waals surface area contributed by atoms with Gasteiger partial charge in [0.1, 0.15) is 0 Å². The number of nitrogens with one attached hydrogen (secondary N) is 1. The summed E-state index contributed by atoms with van der Waals surface area (Å²) >= 11 is 0. The minimum Gasteiger partial charge on any atom is -0.376 e. The summed E-state index contributed by atoms with van der Waals surface area (Å²) < 4.78 is 5.53. The molecule has 1 fully saturated rings. The molecule has 2 aliphatic heterocycles. The fraction of sp³-hybridized carbons (Fsp3) is 0.533. The van der Waals surface area contributed by atoms with Crippen LogP contribution in [-0.2, 0) is 11.2 Å². The summed E-state index contributed by atoms with van der Waals surface area (Å²) in [6.07, 6.45) is 4.45. The van der Waals surface area contributed by atoms with Gasteiger partial charge in [-0.3, -0.25) is 4.90 Å². The summed E-state index contributed by atoms with van der Waals surface area (Å²) in [6.45, 7) is 2.25. The number of hydrogen-bond donors (Lipinski definition) is 1. The van der Waals surface area contributed by atoms with E-state index in [4.69, 9.17) is 4.74 Å². The van der Waals surface area contributed by atoms with Gasteiger partial charge in [-0.2, -0.15) is 0 Å². The molecule has 0 bridgehead atoms. The molecule has 0 radical (unpaired) electrons. The highest BCUT2D eigenvalue weighted by atomic mass is 16.5. The first-order chi connectivity index (χ1) is 9.34. The first kappa shape index (κ1) is 12.5. The van der Waals surface area contributed by atoms with E-state index in [2.05, 4.69) is 11.4 Å². The molecule has 0 spiro atoms. The lowest BCUT2D eigenvalue weighted by Crippen LogP contribution is -2.45. The van der Waals surface area contributed by atoms with E-state index in [0.29, 0.717) is 6.54 Å². The van der Waals surface area contributed by atoms with Gasteiger partial charge in [0, 0.05) is 25.4 Å². The first-order valence-corrected chi connectivity index (χ1v) is 7.09. The fourth-order valence-electron chi connectivity index (χ4n) is 2.85. The van der Waals surface area contributed by atoms with E-state index in [9.17, 15) is 4.79 Å². The van der Waals surface area contributed by atoms with Crippen LogP contribution in [0.3, 0.4) is 0 Å². The van der Waals surface area contributed by atoms with E-state index < -0.39 is 0 Å². The van der Waals surface area contributed by atoms with E-state index in [0.717, 1.165) is 44.5 Å². The Balaban J connectivity index is 1.64. The molecule has 0 aliphatic carbocycles. The molecule has 0 aromatic heterocycles. The third kappa shape index (κ3) is 2.73. The van der Waals surface area contributed by atoms with Gasteiger partial charge in [-0.15, -0.1) is 0 Å². The number of amides is 2. The molecule has 1 atom stereocenters. The molecule has 1 saturated heterocycles. The number of para-hydroxylation sites is 1. The van der Waals surface area contributed by atoms with E-state index in [1.807, 2.05) is 23.1 Å². The molecule has 1 aromatic carbocycles. The standard InChI is InChI=1S/C15H20N2O2/c18-15(16-11-13-7-4-10-19-13)17-9-3-6-12-5-1-2-8-14(12)17/h1-2,5,8,13H,3-4,6-7,9-11H2,(H,16,18). The number of hydrogen-bond acceptors (Lipinski definition) is 2. The van der Waals surface area contributed by atoms with Crippen LogP contribution < -0.4 is 10.2 Å². The van der Waals surface area contributed by atoms with Crippen molar-refractivity contribution in [3.63, 3.8) is 0 Å². The molecule has 2 heterocycles. The molecule has 0 saturated carbocycles. The van der Waals surface area contributed by atoms with Crippen molar-refractivity contribution in [2.75, 3.05) is 24.6 Å². The Morgan fingerprint density at radius 2 is 2.26 bits per heavy atom. The third-order valence-electron chi connectivity index (χ3n) is 3.86. The molecule has 4 heteroatoms. The predicted molar refractivity (Wildman–Crippen MR) is 74.5 cm³/mol. The molecular weight excluding hydrogens is 240 g/mol. The van der Waals surface area contributed by atoms with E-state index in [1.54, 1.807) is 0 Å². The van der Waals surface area contributed by atoms with Gasteiger partial charge in [0.2, 0.25) is 0 Å².